The second kappa shape index (κ2) is 58.1. The predicted molar refractivity (Wildman–Crippen MR) is 145 cm³/mol. The topological polar surface area (TPSA) is 57.5 Å². The molecule has 0 radical (unpaired) electrons. The van der Waals surface area contributed by atoms with Crippen LogP contribution in [0.5, 0.6) is 0 Å². The second-order valence-electron chi connectivity index (χ2n) is 7.66. The van der Waals surface area contributed by atoms with Crippen LogP contribution in [0.4, 0.5) is 0 Å². The van der Waals surface area contributed by atoms with Crippen molar-refractivity contribution in [2.75, 3.05) is 0 Å². The monoisotopic (exact) mass is 512 g/mol. The molecular weight excluding hydrogens is 451 g/mol. The first-order valence-electron chi connectivity index (χ1n) is 12.9. The van der Waals surface area contributed by atoms with E-state index in [1.165, 1.54) is 96.3 Å². The smallest absolute Gasteiger partial charge is 0.343 e. The van der Waals surface area contributed by atoms with Crippen molar-refractivity contribution >= 4 is 8.25 Å². The molecule has 0 saturated heterocycles. The zero-order valence-corrected chi connectivity index (χ0v) is 25.3. The number of hydrogen-bond donors (Lipinski definition) is 2. The van der Waals surface area contributed by atoms with Gasteiger partial charge in [-0.15, -0.1) is 0 Å². The first kappa shape index (κ1) is 46.2. The summed E-state index contributed by atoms with van der Waals surface area (Å²) in [6, 6.07) is 0. The van der Waals surface area contributed by atoms with E-state index in [1.54, 1.807) is 0 Å². The van der Waals surface area contributed by atoms with Crippen LogP contribution in [0.1, 0.15) is 150 Å². The summed E-state index contributed by atoms with van der Waals surface area (Å²) in [5.74, 6) is 0. The molecule has 0 saturated carbocycles. The van der Waals surface area contributed by atoms with E-state index in [-0.39, 0.29) is 21.7 Å². The summed E-state index contributed by atoms with van der Waals surface area (Å²) in [5, 5.41) is 0. The Kier molecular flexibility index (Phi) is 83.9. The molecule has 0 amide bonds. The van der Waals surface area contributed by atoms with Crippen molar-refractivity contribution in [2.24, 2.45) is 0 Å². The molecule has 0 aromatic rings. The Morgan fingerprint density at radius 3 is 0.844 bits per heavy atom. The predicted octanol–water partition coefficient (Wildman–Crippen LogP) is 10.1. The minimum atomic E-state index is -3.13. The van der Waals surface area contributed by atoms with Crippen molar-refractivity contribution < 1.29 is 36.1 Å². The van der Waals surface area contributed by atoms with Gasteiger partial charge in [-0.2, -0.15) is 33.1 Å². The molecule has 0 bridgehead atoms. The molecule has 0 unspecified atom stereocenters. The fourth-order valence-electron chi connectivity index (χ4n) is 2.34. The van der Waals surface area contributed by atoms with Crippen LogP contribution in [0, 0.1) is 27.2 Å². The van der Waals surface area contributed by atoms with Gasteiger partial charge in [0.25, 0.3) is 0 Å². The van der Waals surface area contributed by atoms with Crippen molar-refractivity contribution in [3.8, 4) is 0 Å². The number of unbranched alkanes of at least 4 members (excludes halogenated alkanes) is 15. The van der Waals surface area contributed by atoms with Gasteiger partial charge in [0.2, 0.25) is 0 Å². The Hall–Kier alpha value is 0.864. The van der Waals surface area contributed by atoms with Crippen LogP contribution in [-0.2, 0) is 26.3 Å². The summed E-state index contributed by atoms with van der Waals surface area (Å²) in [6.45, 7) is 22.1. The first-order valence-corrected chi connectivity index (χ1v) is 14.2. The number of hydrogen-bond acceptors (Lipinski definition) is 1. The van der Waals surface area contributed by atoms with Crippen LogP contribution in [0.2, 0.25) is 0 Å². The van der Waals surface area contributed by atoms with E-state index in [4.69, 9.17) is 14.4 Å². The second-order valence-corrected chi connectivity index (χ2v) is 8.23. The summed E-state index contributed by atoms with van der Waals surface area (Å²) in [5.41, 5.74) is 0. The van der Waals surface area contributed by atoms with E-state index in [2.05, 4.69) is 41.5 Å². The van der Waals surface area contributed by atoms with Crippen LogP contribution >= 0.6 is 8.25 Å². The van der Waals surface area contributed by atoms with Gasteiger partial charge in [0.15, 0.2) is 0 Å². The number of rotatable bonds is 15. The molecule has 5 heteroatoms. The molecule has 32 heavy (non-hydrogen) atoms. The largest absolute Gasteiger partial charge is 4.00 e. The van der Waals surface area contributed by atoms with E-state index in [1.807, 2.05) is 20.3 Å². The summed E-state index contributed by atoms with van der Waals surface area (Å²) >= 11 is 0. The standard InChI is InChI=1S/3C8H17.C3H7.H3O3P.Ti/c3*1-3-5-7-8-6-4-2;1-3-2;1-4(2)3;/h3*1,3-8H2,2H3;3H,1-2H3;4H,(H2,1,2,3);/q4*-1;;+4. The van der Waals surface area contributed by atoms with E-state index in [0.29, 0.717) is 0 Å². The summed E-state index contributed by atoms with van der Waals surface area (Å²) < 4.78 is 8.74. The molecule has 0 aliphatic rings. The van der Waals surface area contributed by atoms with Gasteiger partial charge in [-0.05, 0) is 0 Å². The molecule has 0 heterocycles. The van der Waals surface area contributed by atoms with E-state index in [9.17, 15) is 0 Å². The minimum absolute atomic E-state index is 0. The minimum Gasteiger partial charge on any atom is -0.343 e. The van der Waals surface area contributed by atoms with Crippen molar-refractivity contribution in [3.63, 3.8) is 0 Å². The molecule has 0 atom stereocenters. The molecule has 3 nitrogen and oxygen atoms in total. The first-order chi connectivity index (χ1) is 14.9. The summed E-state index contributed by atoms with van der Waals surface area (Å²) in [7, 11) is -3.13. The van der Waals surface area contributed by atoms with Crippen molar-refractivity contribution in [2.45, 2.75) is 150 Å². The van der Waals surface area contributed by atoms with Crippen molar-refractivity contribution in [3.05, 3.63) is 27.2 Å². The molecule has 0 rings (SSSR count). The van der Waals surface area contributed by atoms with E-state index < -0.39 is 8.25 Å². The van der Waals surface area contributed by atoms with Gasteiger partial charge >= 0.3 is 30.0 Å². The fourth-order valence-corrected chi connectivity index (χ4v) is 2.34. The Labute approximate surface area is 221 Å². The van der Waals surface area contributed by atoms with Crippen LogP contribution in [0.15, 0.2) is 0 Å². The molecule has 0 aliphatic heterocycles. The maximum atomic E-state index is 8.74. The molecular formula is C27H61O3PTi. The fraction of sp³-hybridized carbons (Fsp3) is 0.852. The van der Waals surface area contributed by atoms with Crippen LogP contribution < -0.4 is 0 Å². The van der Waals surface area contributed by atoms with Gasteiger partial charge in [0, 0.05) is 0 Å². The summed E-state index contributed by atoms with van der Waals surface area (Å²) in [6.07, 6.45) is 25.9. The third kappa shape index (κ3) is 109. The van der Waals surface area contributed by atoms with E-state index >= 15 is 0 Å². The molecule has 0 aromatic heterocycles. The Bertz CT molecular complexity index is 205. The van der Waals surface area contributed by atoms with Gasteiger partial charge in [0.1, 0.15) is 0 Å². The van der Waals surface area contributed by atoms with Gasteiger partial charge in [-0.25, -0.2) is 0 Å². The average molecular weight is 513 g/mol. The van der Waals surface area contributed by atoms with Gasteiger partial charge in [-0.3, -0.25) is 4.57 Å². The zero-order chi connectivity index (χ0) is 25.0. The van der Waals surface area contributed by atoms with Gasteiger partial charge < -0.3 is 37.0 Å². The molecule has 2 N–H and O–H groups in total. The van der Waals surface area contributed by atoms with Crippen LogP contribution in [0.25, 0.3) is 0 Å². The summed E-state index contributed by atoms with van der Waals surface area (Å²) in [4.78, 5) is 14.3. The molecule has 0 spiro atoms. The molecule has 0 aromatic carbocycles. The van der Waals surface area contributed by atoms with Crippen molar-refractivity contribution in [1.82, 2.24) is 0 Å². The third-order valence-corrected chi connectivity index (χ3v) is 4.06. The molecule has 0 fully saturated rings. The molecule has 196 valence electrons. The Morgan fingerprint density at radius 2 is 0.719 bits per heavy atom. The van der Waals surface area contributed by atoms with Crippen molar-refractivity contribution in [1.29, 1.82) is 0 Å². The van der Waals surface area contributed by atoms with Gasteiger partial charge in [0.05, 0.1) is 0 Å². The maximum Gasteiger partial charge on any atom is 4.00 e. The van der Waals surface area contributed by atoms with Crippen LogP contribution in [-0.4, -0.2) is 9.79 Å². The van der Waals surface area contributed by atoms with E-state index in [0.717, 1.165) is 19.3 Å². The Balaban J connectivity index is -0.0000000683. The van der Waals surface area contributed by atoms with Gasteiger partial charge in [-0.1, -0.05) is 117 Å². The third-order valence-electron chi connectivity index (χ3n) is 4.06. The Morgan fingerprint density at radius 1 is 0.562 bits per heavy atom. The molecule has 0 aliphatic carbocycles. The zero-order valence-electron chi connectivity index (χ0n) is 22.7. The quantitative estimate of drug-likeness (QED) is 0.0993. The van der Waals surface area contributed by atoms with Crippen LogP contribution in [0.3, 0.4) is 0 Å². The average Bonchev–Trinajstić information content (AvgIpc) is 2.73. The SMILES string of the molecule is C[CH-]C.O=[PH](O)O.[CH2-]CCCCCCC.[CH2-]CCCCCCC.[CH2-]CCCCCCC.[Ti+4]. The normalized spacial score (nSPS) is 8.97. The maximum absolute atomic E-state index is 8.74.